The highest BCUT2D eigenvalue weighted by atomic mass is 35.5. The highest BCUT2D eigenvalue weighted by Crippen LogP contribution is 2.32. The average Bonchev–Trinajstić information content (AvgIpc) is 2.99. The zero-order chi connectivity index (χ0) is 31.2. The van der Waals surface area contributed by atoms with E-state index in [9.17, 15) is 21.6 Å². The Morgan fingerprint density at radius 2 is 1.56 bits per heavy atom. The van der Waals surface area contributed by atoms with Crippen LogP contribution in [0.5, 0.6) is 5.75 Å². The number of hydrogen-bond donors (Lipinski definition) is 3. The number of benzene rings is 4. The van der Waals surface area contributed by atoms with Gasteiger partial charge in [-0.05, 0) is 98.5 Å². The number of sulfonamides is 1. The number of sulfone groups is 1. The molecule has 3 N–H and O–H groups in total. The first kappa shape index (κ1) is 32.2. The number of ether oxygens (including phenoxy) is 1. The van der Waals surface area contributed by atoms with Crippen molar-refractivity contribution in [2.45, 2.75) is 33.4 Å². The van der Waals surface area contributed by atoms with Gasteiger partial charge < -0.3 is 15.4 Å². The van der Waals surface area contributed by atoms with E-state index < -0.39 is 25.8 Å². The van der Waals surface area contributed by atoms with Crippen molar-refractivity contribution in [1.29, 1.82) is 0 Å². The molecule has 4 aromatic carbocycles. The molecule has 0 aliphatic rings. The lowest BCUT2D eigenvalue weighted by molar-refractivity contribution is -0.114. The summed E-state index contributed by atoms with van der Waals surface area (Å²) >= 11 is 7.60. The van der Waals surface area contributed by atoms with Crippen LogP contribution in [-0.2, 0) is 24.7 Å². The lowest BCUT2D eigenvalue weighted by atomic mass is 10.2. The maximum Gasteiger partial charge on any atom is 0.261 e. The monoisotopic (exact) mass is 659 g/mol. The number of thioether (sulfide) groups is 1. The summed E-state index contributed by atoms with van der Waals surface area (Å²) in [6, 6.07) is 21.7. The van der Waals surface area contributed by atoms with Crippen molar-refractivity contribution < 1.29 is 26.4 Å². The summed E-state index contributed by atoms with van der Waals surface area (Å²) in [4.78, 5) is 13.8. The van der Waals surface area contributed by atoms with Crippen LogP contribution in [0.2, 0.25) is 5.02 Å². The molecule has 0 spiro atoms. The fourth-order valence-electron chi connectivity index (χ4n) is 4.03. The molecule has 4 aromatic rings. The maximum absolute atomic E-state index is 13.5. The molecule has 1 amide bonds. The van der Waals surface area contributed by atoms with E-state index in [1.54, 1.807) is 68.4 Å². The van der Waals surface area contributed by atoms with E-state index in [-0.39, 0.29) is 26.9 Å². The number of halogens is 1. The molecule has 0 aliphatic carbocycles. The van der Waals surface area contributed by atoms with Crippen LogP contribution in [-0.4, -0.2) is 42.2 Å². The quantitative estimate of drug-likeness (QED) is 0.148. The van der Waals surface area contributed by atoms with Crippen molar-refractivity contribution in [2.24, 2.45) is 0 Å². The van der Waals surface area contributed by atoms with E-state index in [2.05, 4.69) is 15.4 Å². The van der Waals surface area contributed by atoms with Crippen molar-refractivity contribution in [2.75, 3.05) is 34.8 Å². The van der Waals surface area contributed by atoms with E-state index in [0.717, 1.165) is 4.90 Å². The van der Waals surface area contributed by atoms with Crippen LogP contribution in [0.1, 0.15) is 12.5 Å². The molecule has 9 nitrogen and oxygen atoms in total. The highest BCUT2D eigenvalue weighted by Gasteiger charge is 2.23. The number of hydrogen-bond acceptors (Lipinski definition) is 8. The molecule has 43 heavy (non-hydrogen) atoms. The van der Waals surface area contributed by atoms with Gasteiger partial charge in [0.15, 0.2) is 0 Å². The van der Waals surface area contributed by atoms with Crippen LogP contribution in [0.3, 0.4) is 0 Å². The molecule has 0 unspecified atom stereocenters. The largest absolute Gasteiger partial charge is 0.494 e. The number of carbonyl (C=O) groups excluding carboxylic acids is 1. The van der Waals surface area contributed by atoms with E-state index >= 15 is 0 Å². The molecule has 0 aliphatic heterocycles. The molecule has 13 heteroatoms. The molecule has 0 fully saturated rings. The highest BCUT2D eigenvalue weighted by molar-refractivity contribution is 7.98. The topological polar surface area (TPSA) is 131 Å². The van der Waals surface area contributed by atoms with E-state index in [1.165, 1.54) is 42.1 Å². The summed E-state index contributed by atoms with van der Waals surface area (Å²) in [5.41, 5.74) is 1.55. The molecule has 0 radical (unpaired) electrons. The zero-order valence-electron chi connectivity index (χ0n) is 23.5. The Labute approximate surface area is 261 Å². The van der Waals surface area contributed by atoms with Gasteiger partial charge in [-0.2, -0.15) is 0 Å². The van der Waals surface area contributed by atoms with Gasteiger partial charge in [0.1, 0.15) is 5.75 Å². The van der Waals surface area contributed by atoms with Crippen molar-refractivity contribution >= 4 is 66.2 Å². The maximum atomic E-state index is 13.5. The molecule has 0 aromatic heterocycles. The molecular formula is C30H30ClN3O6S3. The normalized spacial score (nSPS) is 11.5. The van der Waals surface area contributed by atoms with Gasteiger partial charge in [-0.25, -0.2) is 16.8 Å². The van der Waals surface area contributed by atoms with E-state index in [4.69, 9.17) is 16.3 Å². The number of carbonyl (C=O) groups is 1. The molecule has 0 heterocycles. The third-order valence-electron chi connectivity index (χ3n) is 6.32. The van der Waals surface area contributed by atoms with Gasteiger partial charge in [-0.1, -0.05) is 17.7 Å². The number of nitrogens with one attached hydrogen (secondary N) is 3. The SMILES string of the molecule is CCOc1ccc(NCC(=O)Nc2ccc(S(=O)(=O)Nc3cccc(Cl)c3C)cc2)c(S(=O)(=O)c2ccc(SC)cc2)c1. The second-order valence-corrected chi connectivity index (χ2v) is 14.1. The summed E-state index contributed by atoms with van der Waals surface area (Å²) in [7, 11) is -7.84. The zero-order valence-corrected chi connectivity index (χ0v) is 26.8. The molecule has 4 rings (SSSR count). The van der Waals surface area contributed by atoms with Gasteiger partial charge in [0.25, 0.3) is 10.0 Å². The summed E-state index contributed by atoms with van der Waals surface area (Å²) in [5.74, 6) is -0.0864. The summed E-state index contributed by atoms with van der Waals surface area (Å²) in [6.07, 6.45) is 1.90. The van der Waals surface area contributed by atoms with E-state index in [0.29, 0.717) is 34.3 Å². The minimum Gasteiger partial charge on any atom is -0.494 e. The minimum absolute atomic E-state index is 0.00204. The second-order valence-electron chi connectivity index (χ2n) is 9.21. The van der Waals surface area contributed by atoms with Gasteiger partial charge in [-0.3, -0.25) is 9.52 Å². The summed E-state index contributed by atoms with van der Waals surface area (Å²) in [6.45, 7) is 3.61. The van der Waals surface area contributed by atoms with E-state index in [1.807, 2.05) is 6.26 Å². The Balaban J connectivity index is 1.47. The van der Waals surface area contributed by atoms with Gasteiger partial charge >= 0.3 is 0 Å². The second kappa shape index (κ2) is 13.7. The molecule has 0 bridgehead atoms. The number of anilines is 3. The van der Waals surface area contributed by atoms with Gasteiger partial charge in [0, 0.05) is 21.7 Å². The molecule has 0 atom stereocenters. The first-order valence-electron chi connectivity index (χ1n) is 13.0. The first-order valence-corrected chi connectivity index (χ1v) is 17.6. The average molecular weight is 660 g/mol. The first-order chi connectivity index (χ1) is 20.4. The van der Waals surface area contributed by atoms with Gasteiger partial charge in [-0.15, -0.1) is 11.8 Å². The third kappa shape index (κ3) is 7.82. The van der Waals surface area contributed by atoms with Crippen LogP contribution in [0.25, 0.3) is 0 Å². The molecular weight excluding hydrogens is 630 g/mol. The number of amides is 1. The smallest absolute Gasteiger partial charge is 0.261 e. The van der Waals surface area contributed by atoms with Gasteiger partial charge in [0.2, 0.25) is 15.7 Å². The van der Waals surface area contributed by atoms with Crippen LogP contribution in [0.4, 0.5) is 17.1 Å². The summed E-state index contributed by atoms with van der Waals surface area (Å²) in [5, 5.41) is 6.02. The molecule has 0 saturated carbocycles. The lowest BCUT2D eigenvalue weighted by Crippen LogP contribution is -2.22. The van der Waals surface area contributed by atoms with Crippen molar-refractivity contribution in [3.05, 3.63) is 95.5 Å². The van der Waals surface area contributed by atoms with Crippen molar-refractivity contribution in [3.8, 4) is 5.75 Å². The predicted molar refractivity (Wildman–Crippen MR) is 172 cm³/mol. The standard InChI is InChI=1S/C30H30ClN3O6S3/c1-4-40-22-10-17-28(29(18-22)42(36,37)24-15-11-23(41-3)12-16-24)32-19-30(35)33-21-8-13-25(14-9-21)43(38,39)34-27-7-5-6-26(31)20(27)2/h5-18,32,34H,4,19H2,1-3H3,(H,33,35). The Kier molecular flexibility index (Phi) is 10.3. The van der Waals surface area contributed by atoms with Gasteiger partial charge in [0.05, 0.1) is 39.2 Å². The lowest BCUT2D eigenvalue weighted by Gasteiger charge is -2.15. The van der Waals surface area contributed by atoms with Crippen LogP contribution in [0.15, 0.2) is 105 Å². The fraction of sp³-hybridized carbons (Fsp3) is 0.167. The molecule has 0 saturated heterocycles. The van der Waals surface area contributed by atoms with Crippen molar-refractivity contribution in [3.63, 3.8) is 0 Å². The van der Waals surface area contributed by atoms with Crippen LogP contribution < -0.4 is 20.1 Å². The van der Waals surface area contributed by atoms with Crippen LogP contribution in [0, 0.1) is 6.92 Å². The van der Waals surface area contributed by atoms with Crippen LogP contribution >= 0.6 is 23.4 Å². The minimum atomic E-state index is -3.94. The molecule has 226 valence electrons. The Morgan fingerprint density at radius 3 is 2.21 bits per heavy atom. The number of rotatable bonds is 12. The Bertz CT molecular complexity index is 1830. The fourth-order valence-corrected chi connectivity index (χ4v) is 7.18. The third-order valence-corrected chi connectivity index (χ3v) is 10.7. The predicted octanol–water partition coefficient (Wildman–Crippen LogP) is 6.45. The summed E-state index contributed by atoms with van der Waals surface area (Å²) < 4.78 is 60.9. The Hall–Kier alpha value is -3.71. The van der Waals surface area contributed by atoms with Crippen molar-refractivity contribution in [1.82, 2.24) is 0 Å². The Morgan fingerprint density at radius 1 is 0.884 bits per heavy atom.